The third-order valence-corrected chi connectivity index (χ3v) is 12.9. The molecule has 5 nitrogen and oxygen atoms in total. The molecule has 0 amide bonds. The Morgan fingerprint density at radius 1 is 0.732 bits per heavy atom. The summed E-state index contributed by atoms with van der Waals surface area (Å²) in [6.07, 6.45) is 21.0. The van der Waals surface area contributed by atoms with Gasteiger partial charge in [0.1, 0.15) is 0 Å². The first-order chi connectivity index (χ1) is 19.8. The molecule has 9 atom stereocenters. The number of rotatable bonds is 18. The fraction of sp³-hybridized carbons (Fsp3) is 1.00. The van der Waals surface area contributed by atoms with Gasteiger partial charge in [0, 0.05) is 6.04 Å². The van der Waals surface area contributed by atoms with Crippen LogP contribution >= 0.6 is 0 Å². The monoisotopic (exact) mass is 575 g/mol. The Morgan fingerprint density at radius 2 is 1.41 bits per heavy atom. The molecule has 9 unspecified atom stereocenters. The summed E-state index contributed by atoms with van der Waals surface area (Å²) in [5, 5.41) is 22.6. The van der Waals surface area contributed by atoms with E-state index in [1.807, 2.05) is 0 Å². The van der Waals surface area contributed by atoms with Gasteiger partial charge in [-0.3, -0.25) is 0 Å². The Hall–Kier alpha value is -0.200. The minimum Gasteiger partial charge on any atom is -0.393 e. The fourth-order valence-electron chi connectivity index (χ4n) is 10.5. The molecule has 4 rings (SSSR count). The molecule has 0 spiro atoms. The standard InChI is InChI=1S/C36H70N4O/c1-27(2)11-5-6-12-28-13-14-31-30-26-34(41)33-25-29(15-17-36(33,4)32(30)16-18-35(28,31)3)40-24-10-23-39-21-8-7-20-38-22-9-19-37/h27-34,38-41H,5-26,37H2,1-4H3. The van der Waals surface area contributed by atoms with Gasteiger partial charge >= 0.3 is 0 Å². The van der Waals surface area contributed by atoms with Crippen LogP contribution in [0.25, 0.3) is 0 Å². The van der Waals surface area contributed by atoms with Crippen molar-refractivity contribution < 1.29 is 5.11 Å². The molecule has 0 aromatic rings. The van der Waals surface area contributed by atoms with Gasteiger partial charge in [0.15, 0.2) is 0 Å². The predicted molar refractivity (Wildman–Crippen MR) is 175 cm³/mol. The largest absolute Gasteiger partial charge is 0.393 e. The highest BCUT2D eigenvalue weighted by molar-refractivity contribution is 5.11. The molecule has 4 aliphatic rings. The van der Waals surface area contributed by atoms with E-state index in [2.05, 4.69) is 43.6 Å². The van der Waals surface area contributed by atoms with Gasteiger partial charge < -0.3 is 26.8 Å². The number of hydrogen-bond donors (Lipinski definition) is 5. The fourth-order valence-corrected chi connectivity index (χ4v) is 10.5. The molecule has 4 saturated carbocycles. The van der Waals surface area contributed by atoms with Crippen molar-refractivity contribution in [2.45, 2.75) is 143 Å². The van der Waals surface area contributed by atoms with E-state index in [9.17, 15) is 5.11 Å². The van der Waals surface area contributed by atoms with Gasteiger partial charge in [0.2, 0.25) is 0 Å². The van der Waals surface area contributed by atoms with Crippen molar-refractivity contribution in [3.8, 4) is 0 Å². The lowest BCUT2D eigenvalue weighted by Gasteiger charge is -2.62. The first-order valence-corrected chi connectivity index (χ1v) is 18.3. The molecule has 0 bridgehead atoms. The van der Waals surface area contributed by atoms with Crippen LogP contribution in [0.2, 0.25) is 0 Å². The lowest BCUT2D eigenvalue weighted by Crippen LogP contribution is -2.59. The molecule has 4 fully saturated rings. The number of hydrogen-bond acceptors (Lipinski definition) is 5. The van der Waals surface area contributed by atoms with Gasteiger partial charge in [-0.15, -0.1) is 0 Å². The first kappa shape index (κ1) is 33.7. The van der Waals surface area contributed by atoms with Crippen molar-refractivity contribution in [2.75, 3.05) is 39.3 Å². The van der Waals surface area contributed by atoms with E-state index in [0.29, 0.717) is 22.8 Å². The summed E-state index contributed by atoms with van der Waals surface area (Å²) in [6, 6.07) is 0.592. The lowest BCUT2D eigenvalue weighted by atomic mass is 9.44. The van der Waals surface area contributed by atoms with E-state index in [-0.39, 0.29) is 6.10 Å². The second-order valence-corrected chi connectivity index (χ2v) is 15.9. The molecule has 0 aliphatic heterocycles. The van der Waals surface area contributed by atoms with Gasteiger partial charge in [0.05, 0.1) is 6.10 Å². The maximum Gasteiger partial charge on any atom is 0.0577 e. The predicted octanol–water partition coefficient (Wildman–Crippen LogP) is 6.49. The molecule has 0 aromatic carbocycles. The molecular weight excluding hydrogens is 504 g/mol. The zero-order valence-corrected chi connectivity index (χ0v) is 27.7. The van der Waals surface area contributed by atoms with Crippen LogP contribution in [0.1, 0.15) is 130 Å². The maximum atomic E-state index is 11.6. The van der Waals surface area contributed by atoms with E-state index in [4.69, 9.17) is 5.73 Å². The Morgan fingerprint density at radius 3 is 2.15 bits per heavy atom. The van der Waals surface area contributed by atoms with Crippen molar-refractivity contribution in [3.63, 3.8) is 0 Å². The molecule has 4 aliphatic carbocycles. The molecule has 0 heterocycles. The summed E-state index contributed by atoms with van der Waals surface area (Å²) in [6.45, 7) is 16.3. The van der Waals surface area contributed by atoms with Crippen molar-refractivity contribution >= 4 is 0 Å². The van der Waals surface area contributed by atoms with Crippen LogP contribution < -0.4 is 21.7 Å². The third kappa shape index (κ3) is 8.50. The lowest BCUT2D eigenvalue weighted by molar-refractivity contribution is -0.161. The van der Waals surface area contributed by atoms with Crippen molar-refractivity contribution in [2.24, 2.45) is 52.1 Å². The number of unbranched alkanes of at least 4 members (excludes halogenated alkanes) is 2. The second kappa shape index (κ2) is 16.2. The van der Waals surface area contributed by atoms with Crippen molar-refractivity contribution in [1.82, 2.24) is 16.0 Å². The Bertz CT molecular complexity index is 747. The number of aliphatic hydroxyl groups is 1. The normalized spacial score (nSPS) is 38.6. The topological polar surface area (TPSA) is 82.3 Å². The Balaban J connectivity index is 1.17. The summed E-state index contributed by atoms with van der Waals surface area (Å²) < 4.78 is 0. The number of nitrogens with two attached hydrogens (primary N) is 1. The van der Waals surface area contributed by atoms with Crippen LogP contribution in [0.15, 0.2) is 0 Å². The number of aliphatic hydroxyl groups excluding tert-OH is 1. The zero-order valence-electron chi connectivity index (χ0n) is 27.7. The van der Waals surface area contributed by atoms with E-state index in [0.717, 1.165) is 81.7 Å². The smallest absolute Gasteiger partial charge is 0.0577 e. The van der Waals surface area contributed by atoms with Crippen LogP contribution in [-0.2, 0) is 0 Å². The Kier molecular flexibility index (Phi) is 13.3. The van der Waals surface area contributed by atoms with Crippen LogP contribution in [0, 0.1) is 46.3 Å². The quantitative estimate of drug-likeness (QED) is 0.121. The molecule has 240 valence electrons. The molecule has 0 aromatic heterocycles. The average molecular weight is 575 g/mol. The van der Waals surface area contributed by atoms with E-state index in [1.54, 1.807) is 0 Å². The summed E-state index contributed by atoms with van der Waals surface area (Å²) in [5.74, 6) is 4.74. The summed E-state index contributed by atoms with van der Waals surface area (Å²) in [4.78, 5) is 0. The highest BCUT2D eigenvalue weighted by Gasteiger charge is 2.61. The van der Waals surface area contributed by atoms with Gasteiger partial charge in [0.25, 0.3) is 0 Å². The first-order valence-electron chi connectivity index (χ1n) is 18.3. The van der Waals surface area contributed by atoms with E-state index < -0.39 is 0 Å². The summed E-state index contributed by atoms with van der Waals surface area (Å²) in [5.41, 5.74) is 6.42. The second-order valence-electron chi connectivity index (χ2n) is 15.9. The summed E-state index contributed by atoms with van der Waals surface area (Å²) in [7, 11) is 0. The van der Waals surface area contributed by atoms with Gasteiger partial charge in [-0.1, -0.05) is 47.0 Å². The molecule has 41 heavy (non-hydrogen) atoms. The molecule has 0 radical (unpaired) electrons. The van der Waals surface area contributed by atoms with E-state index in [1.165, 1.54) is 89.9 Å². The van der Waals surface area contributed by atoms with Crippen molar-refractivity contribution in [3.05, 3.63) is 0 Å². The van der Waals surface area contributed by atoms with Crippen LogP contribution in [0.4, 0.5) is 0 Å². The molecule has 5 heteroatoms. The molecule has 0 saturated heterocycles. The molecule has 6 N–H and O–H groups in total. The van der Waals surface area contributed by atoms with Gasteiger partial charge in [-0.2, -0.15) is 0 Å². The number of nitrogens with one attached hydrogen (secondary N) is 3. The molecular formula is C36H70N4O. The third-order valence-electron chi connectivity index (χ3n) is 12.9. The van der Waals surface area contributed by atoms with Crippen LogP contribution in [0.3, 0.4) is 0 Å². The zero-order chi connectivity index (χ0) is 29.3. The average Bonchev–Trinajstić information content (AvgIpc) is 3.28. The maximum absolute atomic E-state index is 11.6. The number of fused-ring (bicyclic) bond motifs is 5. The van der Waals surface area contributed by atoms with Crippen LogP contribution in [-0.4, -0.2) is 56.5 Å². The Labute approximate surface area is 254 Å². The van der Waals surface area contributed by atoms with E-state index >= 15 is 0 Å². The van der Waals surface area contributed by atoms with Crippen LogP contribution in [0.5, 0.6) is 0 Å². The van der Waals surface area contributed by atoms with Gasteiger partial charge in [-0.25, -0.2) is 0 Å². The highest BCUT2D eigenvalue weighted by Crippen LogP contribution is 2.67. The minimum absolute atomic E-state index is 0.0928. The SMILES string of the molecule is CC(C)CCCCC1CCC2C3CC(O)C4CC(NCCCNCCCCNCCCN)CCC4(C)C3CCC12C. The van der Waals surface area contributed by atoms with Gasteiger partial charge in [-0.05, 0) is 169 Å². The highest BCUT2D eigenvalue weighted by atomic mass is 16.3. The minimum atomic E-state index is -0.0928. The summed E-state index contributed by atoms with van der Waals surface area (Å²) >= 11 is 0. The van der Waals surface area contributed by atoms with Crippen molar-refractivity contribution in [1.29, 1.82) is 0 Å².